The molecule has 0 aromatic heterocycles. The summed E-state index contributed by atoms with van der Waals surface area (Å²) in [6.45, 7) is -0.0150. The van der Waals surface area contributed by atoms with Gasteiger partial charge in [0.1, 0.15) is 6.54 Å². The number of halogens is 3. The Balaban J connectivity index is 1.66. The molecule has 0 aliphatic carbocycles. The van der Waals surface area contributed by atoms with E-state index in [2.05, 4.69) is 5.32 Å². The molecule has 0 atom stereocenters. The minimum Gasteiger partial charge on any atom is -0.354 e. The Bertz CT molecular complexity index is 1210. The third-order valence-electron chi connectivity index (χ3n) is 4.59. The van der Waals surface area contributed by atoms with E-state index >= 15 is 0 Å². The number of benzene rings is 3. The molecule has 0 heterocycles. The zero-order valence-corrected chi connectivity index (χ0v) is 21.3. The van der Waals surface area contributed by atoms with Crippen molar-refractivity contribution >= 4 is 68.2 Å². The minimum absolute atomic E-state index is 0.0687. The van der Waals surface area contributed by atoms with Crippen LogP contribution >= 0.6 is 46.6 Å². The zero-order chi connectivity index (χ0) is 23.8. The maximum atomic E-state index is 13.3. The van der Waals surface area contributed by atoms with Gasteiger partial charge in [0.25, 0.3) is 10.0 Å². The first-order valence-electron chi connectivity index (χ1n) is 9.90. The van der Waals surface area contributed by atoms with Crippen LogP contribution in [0.5, 0.6) is 0 Å². The first kappa shape index (κ1) is 25.7. The molecule has 174 valence electrons. The minimum atomic E-state index is -4.00. The molecule has 1 N–H and O–H groups in total. The number of hydrogen-bond donors (Lipinski definition) is 1. The van der Waals surface area contributed by atoms with E-state index in [9.17, 15) is 13.2 Å². The summed E-state index contributed by atoms with van der Waals surface area (Å²) in [4.78, 5) is 12.7. The number of thioether (sulfide) groups is 1. The number of rotatable bonds is 10. The highest BCUT2D eigenvalue weighted by molar-refractivity contribution is 7.98. The number of anilines is 1. The number of hydrogen-bond acceptors (Lipinski definition) is 4. The fraction of sp³-hybridized carbons (Fsp3) is 0.174. The van der Waals surface area contributed by atoms with Crippen molar-refractivity contribution in [2.24, 2.45) is 0 Å². The summed E-state index contributed by atoms with van der Waals surface area (Å²) >= 11 is 19.9. The van der Waals surface area contributed by atoms with Crippen LogP contribution in [0.25, 0.3) is 0 Å². The predicted octanol–water partition coefficient (Wildman–Crippen LogP) is 5.89. The van der Waals surface area contributed by atoms with Crippen molar-refractivity contribution in [3.05, 3.63) is 93.4 Å². The lowest BCUT2D eigenvalue weighted by molar-refractivity contribution is -0.119. The van der Waals surface area contributed by atoms with Gasteiger partial charge in [-0.15, -0.1) is 0 Å². The van der Waals surface area contributed by atoms with E-state index in [1.807, 2.05) is 24.3 Å². The van der Waals surface area contributed by atoms with Crippen LogP contribution in [0, 0.1) is 0 Å². The van der Waals surface area contributed by atoms with Gasteiger partial charge in [0.2, 0.25) is 5.91 Å². The van der Waals surface area contributed by atoms with Gasteiger partial charge in [-0.1, -0.05) is 71.2 Å². The molecule has 0 bridgehead atoms. The Morgan fingerprint density at radius 1 is 0.879 bits per heavy atom. The summed E-state index contributed by atoms with van der Waals surface area (Å²) in [5, 5.41) is 3.96. The van der Waals surface area contributed by atoms with Crippen LogP contribution in [0.3, 0.4) is 0 Å². The van der Waals surface area contributed by atoms with E-state index in [-0.39, 0.29) is 20.6 Å². The second-order valence-corrected chi connectivity index (χ2v) is 11.1. The summed E-state index contributed by atoms with van der Waals surface area (Å²) in [5.74, 6) is 0.932. The molecule has 3 aromatic carbocycles. The molecular formula is C23H21Cl3N2O3S2. The van der Waals surface area contributed by atoms with Crippen LogP contribution in [0.1, 0.15) is 5.56 Å². The second-order valence-electron chi connectivity index (χ2n) is 6.92. The van der Waals surface area contributed by atoms with Gasteiger partial charge in [0.05, 0.1) is 20.6 Å². The number of carbonyl (C=O) groups excluding carboxylic acids is 1. The van der Waals surface area contributed by atoms with Gasteiger partial charge in [0, 0.05) is 23.1 Å². The number of amides is 1. The second kappa shape index (κ2) is 12.0. The molecule has 0 radical (unpaired) electrons. The van der Waals surface area contributed by atoms with Crippen LogP contribution in [0.4, 0.5) is 5.69 Å². The highest BCUT2D eigenvalue weighted by Crippen LogP contribution is 2.30. The Morgan fingerprint density at radius 3 is 2.27 bits per heavy atom. The molecule has 0 saturated carbocycles. The molecule has 0 fully saturated rings. The lowest BCUT2D eigenvalue weighted by Gasteiger charge is -2.24. The number of carbonyl (C=O) groups is 1. The Hall–Kier alpha value is -1.90. The smallest absolute Gasteiger partial charge is 0.264 e. The van der Waals surface area contributed by atoms with E-state index in [1.54, 1.807) is 30.0 Å². The number of nitrogens with one attached hydrogen (secondary N) is 1. The third-order valence-corrected chi connectivity index (χ3v) is 8.50. The van der Waals surface area contributed by atoms with Crippen molar-refractivity contribution in [1.29, 1.82) is 0 Å². The van der Waals surface area contributed by atoms with Gasteiger partial charge >= 0.3 is 0 Å². The number of nitrogens with zero attached hydrogens (tertiary/aromatic N) is 1. The molecule has 0 unspecified atom stereocenters. The molecule has 0 aliphatic heterocycles. The van der Waals surface area contributed by atoms with E-state index in [0.29, 0.717) is 23.1 Å². The van der Waals surface area contributed by atoms with Crippen molar-refractivity contribution in [3.8, 4) is 0 Å². The van der Waals surface area contributed by atoms with Gasteiger partial charge in [-0.25, -0.2) is 8.42 Å². The topological polar surface area (TPSA) is 66.5 Å². The molecule has 3 aromatic rings. The van der Waals surface area contributed by atoms with Crippen molar-refractivity contribution in [2.45, 2.75) is 10.6 Å². The van der Waals surface area contributed by atoms with Gasteiger partial charge in [-0.3, -0.25) is 9.10 Å². The summed E-state index contributed by atoms with van der Waals surface area (Å²) < 4.78 is 27.6. The molecule has 5 nitrogen and oxygen atoms in total. The van der Waals surface area contributed by atoms with E-state index in [4.69, 9.17) is 34.8 Å². The third kappa shape index (κ3) is 7.04. The Morgan fingerprint density at radius 2 is 1.58 bits per heavy atom. The molecule has 1 amide bonds. The molecule has 3 rings (SSSR count). The van der Waals surface area contributed by atoms with E-state index < -0.39 is 22.5 Å². The fourth-order valence-corrected chi connectivity index (χ4v) is 5.79. The maximum absolute atomic E-state index is 13.3. The molecule has 0 saturated heterocycles. The van der Waals surface area contributed by atoms with Crippen LogP contribution in [-0.2, 0) is 20.6 Å². The van der Waals surface area contributed by atoms with Crippen molar-refractivity contribution in [2.75, 3.05) is 23.1 Å². The lowest BCUT2D eigenvalue weighted by Crippen LogP contribution is -2.41. The molecule has 0 spiro atoms. The van der Waals surface area contributed by atoms with Crippen molar-refractivity contribution in [1.82, 2.24) is 5.32 Å². The van der Waals surface area contributed by atoms with Crippen molar-refractivity contribution < 1.29 is 13.2 Å². The van der Waals surface area contributed by atoms with Crippen LogP contribution < -0.4 is 9.62 Å². The van der Waals surface area contributed by atoms with Gasteiger partial charge in [-0.2, -0.15) is 11.8 Å². The average Bonchev–Trinajstić information content (AvgIpc) is 2.81. The molecule has 10 heteroatoms. The standard InChI is InChI=1S/C23H21Cl3N2O3S2/c24-20-9-5-4-6-17(20)16-32-13-12-27-23(29)15-28(18-10-11-21(25)22(26)14-18)33(30,31)19-7-2-1-3-8-19/h1-11,14H,12-13,15-16H2,(H,27,29). The summed E-state index contributed by atoms with van der Waals surface area (Å²) in [6, 6.07) is 19.9. The van der Waals surface area contributed by atoms with Crippen LogP contribution in [-0.4, -0.2) is 33.2 Å². The first-order chi connectivity index (χ1) is 15.8. The van der Waals surface area contributed by atoms with Gasteiger partial charge in [0.15, 0.2) is 0 Å². The van der Waals surface area contributed by atoms with E-state index in [1.165, 1.54) is 30.3 Å². The predicted molar refractivity (Wildman–Crippen MR) is 138 cm³/mol. The molecule has 0 aliphatic rings. The summed E-state index contributed by atoms with van der Waals surface area (Å²) in [5.41, 5.74) is 1.27. The Kier molecular flexibility index (Phi) is 9.35. The number of sulfonamides is 1. The fourth-order valence-electron chi connectivity index (χ4n) is 2.92. The zero-order valence-electron chi connectivity index (χ0n) is 17.4. The van der Waals surface area contributed by atoms with Crippen LogP contribution in [0.2, 0.25) is 15.1 Å². The summed E-state index contributed by atoms with van der Waals surface area (Å²) in [6.07, 6.45) is 0. The largest absolute Gasteiger partial charge is 0.354 e. The first-order valence-corrected chi connectivity index (χ1v) is 13.6. The van der Waals surface area contributed by atoms with Gasteiger partial charge < -0.3 is 5.32 Å². The molecule has 33 heavy (non-hydrogen) atoms. The Labute approximate surface area is 213 Å². The SMILES string of the molecule is O=C(CN(c1ccc(Cl)c(Cl)c1)S(=O)(=O)c1ccccc1)NCCSCc1ccccc1Cl. The summed E-state index contributed by atoms with van der Waals surface area (Å²) in [7, 11) is -4.00. The quantitative estimate of drug-likeness (QED) is 0.324. The van der Waals surface area contributed by atoms with E-state index in [0.717, 1.165) is 9.87 Å². The average molecular weight is 544 g/mol. The van der Waals surface area contributed by atoms with Crippen molar-refractivity contribution in [3.63, 3.8) is 0 Å². The highest BCUT2D eigenvalue weighted by atomic mass is 35.5. The van der Waals surface area contributed by atoms with Gasteiger partial charge in [-0.05, 0) is 42.0 Å². The molecular weight excluding hydrogens is 523 g/mol. The van der Waals surface area contributed by atoms with Crippen LogP contribution in [0.15, 0.2) is 77.7 Å². The normalized spacial score (nSPS) is 11.2. The highest BCUT2D eigenvalue weighted by Gasteiger charge is 2.27. The lowest BCUT2D eigenvalue weighted by atomic mass is 10.2. The maximum Gasteiger partial charge on any atom is 0.264 e. The monoisotopic (exact) mass is 542 g/mol.